The molecule has 1 aliphatic rings. The highest BCUT2D eigenvalue weighted by molar-refractivity contribution is 5.79. The second kappa shape index (κ2) is 5.40. The van der Waals surface area contributed by atoms with E-state index >= 15 is 0 Å². The average Bonchev–Trinajstić information content (AvgIpc) is 2.30. The predicted molar refractivity (Wildman–Crippen MR) is 68.2 cm³/mol. The van der Waals surface area contributed by atoms with E-state index in [1.807, 2.05) is 6.07 Å². The van der Waals surface area contributed by atoms with Crippen LogP contribution in [-0.2, 0) is 11.2 Å². The first kappa shape index (κ1) is 12.9. The van der Waals surface area contributed by atoms with Crippen LogP contribution < -0.4 is 0 Å². The molecular formula is C14H19NO3. The fourth-order valence-corrected chi connectivity index (χ4v) is 2.30. The number of amides is 1. The van der Waals surface area contributed by atoms with Crippen LogP contribution >= 0.6 is 0 Å². The third-order valence-corrected chi connectivity index (χ3v) is 3.50. The summed E-state index contributed by atoms with van der Waals surface area (Å²) in [4.78, 5) is 13.7. The van der Waals surface area contributed by atoms with Crippen LogP contribution in [0.5, 0.6) is 5.75 Å². The van der Waals surface area contributed by atoms with Crippen LogP contribution in [0, 0.1) is 5.92 Å². The maximum atomic E-state index is 12.0. The van der Waals surface area contributed by atoms with E-state index < -0.39 is 0 Å². The van der Waals surface area contributed by atoms with Crippen LogP contribution in [0.1, 0.15) is 18.4 Å². The van der Waals surface area contributed by atoms with Crippen molar-refractivity contribution in [3.8, 4) is 5.75 Å². The molecule has 4 heteroatoms. The van der Waals surface area contributed by atoms with Gasteiger partial charge in [0, 0.05) is 19.2 Å². The summed E-state index contributed by atoms with van der Waals surface area (Å²) in [7, 11) is 1.77. The Labute approximate surface area is 107 Å². The van der Waals surface area contributed by atoms with Crippen molar-refractivity contribution in [3.63, 3.8) is 0 Å². The maximum absolute atomic E-state index is 12.0. The summed E-state index contributed by atoms with van der Waals surface area (Å²) in [6.07, 6.45) is 1.61. The van der Waals surface area contributed by atoms with Gasteiger partial charge in [0.05, 0.1) is 12.5 Å². The highest BCUT2D eigenvalue weighted by Gasteiger charge is 2.29. The van der Waals surface area contributed by atoms with Gasteiger partial charge in [-0.05, 0) is 24.8 Å². The molecule has 0 saturated heterocycles. The number of likely N-dealkylation sites (N-methyl/N-ethyl adjacent to an activating group) is 1. The number of rotatable bonds is 4. The molecule has 1 aromatic rings. The van der Waals surface area contributed by atoms with E-state index in [0.29, 0.717) is 18.0 Å². The molecule has 1 amide bonds. The van der Waals surface area contributed by atoms with Crippen LogP contribution in [0.2, 0.25) is 0 Å². The fraction of sp³-hybridized carbons (Fsp3) is 0.500. The Kier molecular flexibility index (Phi) is 3.87. The Hall–Kier alpha value is -1.55. The van der Waals surface area contributed by atoms with Gasteiger partial charge in [-0.15, -0.1) is 0 Å². The number of nitrogens with zero attached hydrogens (tertiary/aromatic N) is 1. The first-order valence-corrected chi connectivity index (χ1v) is 6.25. The molecule has 2 rings (SSSR count). The molecular weight excluding hydrogens is 230 g/mol. The lowest BCUT2D eigenvalue weighted by molar-refractivity contribution is -0.130. The number of para-hydroxylation sites is 1. The number of phenolic OH excluding ortho intramolecular Hbond substituents is 1. The smallest absolute Gasteiger partial charge is 0.226 e. The van der Waals surface area contributed by atoms with Crippen molar-refractivity contribution in [1.82, 2.24) is 4.90 Å². The second-order valence-corrected chi connectivity index (χ2v) is 5.07. The molecule has 0 radical (unpaired) electrons. The van der Waals surface area contributed by atoms with E-state index in [4.69, 9.17) is 0 Å². The van der Waals surface area contributed by atoms with Crippen LogP contribution in [0.25, 0.3) is 0 Å². The lowest BCUT2D eigenvalue weighted by Crippen LogP contribution is -2.40. The normalized spacial score (nSPS) is 22.3. The number of aromatic hydroxyl groups is 1. The molecule has 0 atom stereocenters. The van der Waals surface area contributed by atoms with E-state index in [2.05, 4.69) is 0 Å². The Bertz CT molecular complexity index is 427. The topological polar surface area (TPSA) is 60.8 Å². The largest absolute Gasteiger partial charge is 0.508 e. The Morgan fingerprint density at radius 2 is 2.06 bits per heavy atom. The summed E-state index contributed by atoms with van der Waals surface area (Å²) in [5, 5.41) is 18.8. The van der Waals surface area contributed by atoms with Gasteiger partial charge in [-0.2, -0.15) is 0 Å². The van der Waals surface area contributed by atoms with Gasteiger partial charge >= 0.3 is 0 Å². The van der Waals surface area contributed by atoms with Crippen LogP contribution in [0.4, 0.5) is 0 Å². The highest BCUT2D eigenvalue weighted by Crippen LogP contribution is 2.27. The van der Waals surface area contributed by atoms with E-state index in [9.17, 15) is 15.0 Å². The zero-order valence-electron chi connectivity index (χ0n) is 10.5. The Morgan fingerprint density at radius 1 is 1.39 bits per heavy atom. The summed E-state index contributed by atoms with van der Waals surface area (Å²) < 4.78 is 0. The van der Waals surface area contributed by atoms with E-state index in [0.717, 1.165) is 12.8 Å². The number of benzene rings is 1. The second-order valence-electron chi connectivity index (χ2n) is 5.07. The summed E-state index contributed by atoms with van der Waals surface area (Å²) >= 11 is 0. The van der Waals surface area contributed by atoms with Gasteiger partial charge in [-0.1, -0.05) is 18.2 Å². The molecule has 1 saturated carbocycles. The molecule has 1 aromatic carbocycles. The predicted octanol–water partition coefficient (Wildman–Crippen LogP) is 1.16. The van der Waals surface area contributed by atoms with Crippen molar-refractivity contribution >= 4 is 5.91 Å². The van der Waals surface area contributed by atoms with Crippen molar-refractivity contribution < 1.29 is 15.0 Å². The molecule has 2 N–H and O–H groups in total. The van der Waals surface area contributed by atoms with Crippen LogP contribution in [0.3, 0.4) is 0 Å². The van der Waals surface area contributed by atoms with Gasteiger partial charge in [0.1, 0.15) is 5.75 Å². The number of hydrogen-bond donors (Lipinski definition) is 2. The number of carbonyl (C=O) groups excluding carboxylic acids is 1. The van der Waals surface area contributed by atoms with Crippen molar-refractivity contribution in [1.29, 1.82) is 0 Å². The molecule has 0 aromatic heterocycles. The number of aliphatic hydroxyl groups is 1. The summed E-state index contributed by atoms with van der Waals surface area (Å²) in [6.45, 7) is 0.684. The van der Waals surface area contributed by atoms with Gasteiger partial charge in [-0.25, -0.2) is 0 Å². The Morgan fingerprint density at radius 3 is 2.67 bits per heavy atom. The molecule has 4 nitrogen and oxygen atoms in total. The molecule has 0 bridgehead atoms. The molecule has 0 spiro atoms. The van der Waals surface area contributed by atoms with Crippen molar-refractivity contribution in [3.05, 3.63) is 29.8 Å². The number of phenols is 1. The van der Waals surface area contributed by atoms with Crippen molar-refractivity contribution in [2.75, 3.05) is 13.6 Å². The number of carbonyl (C=O) groups is 1. The summed E-state index contributed by atoms with van der Waals surface area (Å²) in [5.74, 6) is 0.578. The van der Waals surface area contributed by atoms with Gasteiger partial charge in [0.2, 0.25) is 5.91 Å². The third-order valence-electron chi connectivity index (χ3n) is 3.50. The third kappa shape index (κ3) is 3.01. The van der Waals surface area contributed by atoms with E-state index in [1.54, 1.807) is 30.1 Å². The summed E-state index contributed by atoms with van der Waals surface area (Å²) in [6, 6.07) is 6.90. The minimum atomic E-state index is -0.184. The zero-order chi connectivity index (χ0) is 13.1. The molecule has 18 heavy (non-hydrogen) atoms. The van der Waals surface area contributed by atoms with E-state index in [-0.39, 0.29) is 24.2 Å². The lowest BCUT2D eigenvalue weighted by Gasteiger charge is -2.34. The fourth-order valence-electron chi connectivity index (χ4n) is 2.30. The standard InChI is InChI=1S/C14H19NO3/c1-15(9-10-6-12(16)7-10)14(18)8-11-4-2-3-5-13(11)17/h2-5,10,12,16-17H,6-9H2,1H3. The van der Waals surface area contributed by atoms with Gasteiger partial charge in [0.15, 0.2) is 0 Å². The lowest BCUT2D eigenvalue weighted by atomic mass is 9.82. The van der Waals surface area contributed by atoms with Crippen molar-refractivity contribution in [2.24, 2.45) is 5.92 Å². The van der Waals surface area contributed by atoms with Gasteiger partial charge in [-0.3, -0.25) is 4.79 Å². The summed E-state index contributed by atoms with van der Waals surface area (Å²) in [5.41, 5.74) is 0.656. The number of aliphatic hydroxyl groups excluding tert-OH is 1. The van der Waals surface area contributed by atoms with Crippen LogP contribution in [0.15, 0.2) is 24.3 Å². The Balaban J connectivity index is 1.86. The van der Waals surface area contributed by atoms with Crippen LogP contribution in [-0.4, -0.2) is 40.7 Å². The molecule has 1 aliphatic carbocycles. The molecule has 1 fully saturated rings. The molecule has 0 unspecified atom stereocenters. The molecule has 0 aliphatic heterocycles. The first-order chi connectivity index (χ1) is 8.56. The number of hydrogen-bond acceptors (Lipinski definition) is 3. The van der Waals surface area contributed by atoms with E-state index in [1.165, 1.54) is 0 Å². The average molecular weight is 249 g/mol. The first-order valence-electron chi connectivity index (χ1n) is 6.25. The minimum Gasteiger partial charge on any atom is -0.508 e. The molecule has 0 heterocycles. The maximum Gasteiger partial charge on any atom is 0.226 e. The minimum absolute atomic E-state index is 0.00195. The van der Waals surface area contributed by atoms with Crippen molar-refractivity contribution in [2.45, 2.75) is 25.4 Å². The van der Waals surface area contributed by atoms with Gasteiger partial charge in [0.25, 0.3) is 0 Å². The quantitative estimate of drug-likeness (QED) is 0.842. The highest BCUT2D eigenvalue weighted by atomic mass is 16.3. The zero-order valence-corrected chi connectivity index (χ0v) is 10.5. The van der Waals surface area contributed by atoms with Gasteiger partial charge < -0.3 is 15.1 Å². The SMILES string of the molecule is CN(CC1CC(O)C1)C(=O)Cc1ccccc1O. The monoisotopic (exact) mass is 249 g/mol. The molecule has 98 valence electrons.